The van der Waals surface area contributed by atoms with Gasteiger partial charge in [-0.3, -0.25) is 10.00 Å². The number of aliphatic hydroxyl groups excluding tert-OH is 1. The van der Waals surface area contributed by atoms with E-state index < -0.39 is 6.09 Å². The van der Waals surface area contributed by atoms with Crippen LogP contribution in [0.5, 0.6) is 0 Å². The highest BCUT2D eigenvalue weighted by atomic mass is 16.6. The first kappa shape index (κ1) is 9.53. The summed E-state index contributed by atoms with van der Waals surface area (Å²) >= 11 is 0. The predicted octanol–water partition coefficient (Wildman–Crippen LogP) is -0.0391. The lowest BCUT2D eigenvalue weighted by Gasteiger charge is -2.04. The van der Waals surface area contributed by atoms with Gasteiger partial charge in [0, 0.05) is 13.1 Å². The Morgan fingerprint density at radius 2 is 2.62 bits per heavy atom. The molecule has 0 aliphatic carbocycles. The molecule has 1 aromatic rings. The van der Waals surface area contributed by atoms with Crippen LogP contribution in [0.25, 0.3) is 0 Å². The van der Waals surface area contributed by atoms with E-state index in [1.54, 1.807) is 19.3 Å². The average molecular weight is 185 g/mol. The van der Waals surface area contributed by atoms with E-state index in [1.807, 2.05) is 0 Å². The van der Waals surface area contributed by atoms with Crippen molar-refractivity contribution in [1.29, 1.82) is 0 Å². The minimum atomic E-state index is -0.599. The van der Waals surface area contributed by atoms with Crippen LogP contribution in [0.1, 0.15) is 0 Å². The fourth-order valence-electron chi connectivity index (χ4n) is 0.776. The van der Waals surface area contributed by atoms with E-state index in [1.165, 1.54) is 4.68 Å². The van der Waals surface area contributed by atoms with Crippen LogP contribution in [0.2, 0.25) is 0 Å². The number of amides is 1. The van der Waals surface area contributed by atoms with Crippen LogP contribution in [0, 0.1) is 0 Å². The Kier molecular flexibility index (Phi) is 3.27. The molecule has 0 saturated heterocycles. The summed E-state index contributed by atoms with van der Waals surface area (Å²) in [6.07, 6.45) is 0.958. The summed E-state index contributed by atoms with van der Waals surface area (Å²) in [5, 5.41) is 14.7. The van der Waals surface area contributed by atoms with Crippen LogP contribution in [0.15, 0.2) is 12.3 Å². The van der Waals surface area contributed by atoms with Crippen molar-refractivity contribution in [3.63, 3.8) is 0 Å². The van der Waals surface area contributed by atoms with Crippen LogP contribution in [0.4, 0.5) is 10.6 Å². The molecule has 13 heavy (non-hydrogen) atoms. The lowest BCUT2D eigenvalue weighted by atomic mass is 10.6. The van der Waals surface area contributed by atoms with Crippen LogP contribution >= 0.6 is 0 Å². The van der Waals surface area contributed by atoms with Crippen LogP contribution in [0.3, 0.4) is 0 Å². The van der Waals surface area contributed by atoms with Crippen LogP contribution in [-0.4, -0.2) is 34.2 Å². The molecule has 0 spiro atoms. The molecule has 72 valence electrons. The molecule has 1 amide bonds. The molecule has 0 aromatic carbocycles. The molecule has 1 heterocycles. The Hall–Kier alpha value is -1.56. The van der Waals surface area contributed by atoms with Gasteiger partial charge in [-0.25, -0.2) is 4.79 Å². The van der Waals surface area contributed by atoms with Crippen molar-refractivity contribution in [3.8, 4) is 0 Å². The van der Waals surface area contributed by atoms with Gasteiger partial charge in [-0.1, -0.05) is 0 Å². The second-order valence-corrected chi connectivity index (χ2v) is 2.32. The molecule has 0 aliphatic rings. The second-order valence-electron chi connectivity index (χ2n) is 2.32. The zero-order chi connectivity index (χ0) is 9.68. The van der Waals surface area contributed by atoms with Crippen molar-refractivity contribution < 1.29 is 14.6 Å². The summed E-state index contributed by atoms with van der Waals surface area (Å²) in [4.78, 5) is 10.9. The Morgan fingerprint density at radius 3 is 3.15 bits per heavy atom. The van der Waals surface area contributed by atoms with E-state index in [-0.39, 0.29) is 13.2 Å². The average Bonchev–Trinajstić information content (AvgIpc) is 2.48. The first-order valence-electron chi connectivity index (χ1n) is 3.76. The SMILES string of the molecule is Cn1nccc1NC(=O)OCCO. The summed E-state index contributed by atoms with van der Waals surface area (Å²) in [5.74, 6) is 0.544. The molecule has 6 nitrogen and oxygen atoms in total. The number of hydrogen-bond donors (Lipinski definition) is 2. The number of nitrogens with zero attached hydrogens (tertiary/aromatic N) is 2. The molecule has 0 bridgehead atoms. The second kappa shape index (κ2) is 4.46. The quantitative estimate of drug-likeness (QED) is 0.692. The summed E-state index contributed by atoms with van der Waals surface area (Å²) < 4.78 is 6.08. The lowest BCUT2D eigenvalue weighted by Crippen LogP contribution is -2.17. The highest BCUT2D eigenvalue weighted by Gasteiger charge is 2.04. The van der Waals surface area contributed by atoms with Crippen molar-refractivity contribution in [3.05, 3.63) is 12.3 Å². The maximum absolute atomic E-state index is 10.9. The van der Waals surface area contributed by atoms with Crippen molar-refractivity contribution in [2.24, 2.45) is 7.05 Å². The highest BCUT2D eigenvalue weighted by molar-refractivity contribution is 5.83. The molecule has 0 fully saturated rings. The Morgan fingerprint density at radius 1 is 1.85 bits per heavy atom. The molecule has 2 N–H and O–H groups in total. The number of rotatable bonds is 3. The molecular weight excluding hydrogens is 174 g/mol. The first-order chi connectivity index (χ1) is 6.24. The third kappa shape index (κ3) is 2.75. The monoisotopic (exact) mass is 185 g/mol. The van der Waals surface area contributed by atoms with Gasteiger partial charge in [0.1, 0.15) is 12.4 Å². The van der Waals surface area contributed by atoms with Crippen molar-refractivity contribution >= 4 is 11.9 Å². The number of aromatic nitrogens is 2. The standard InChI is InChI=1S/C7H11N3O3/c1-10-6(2-3-8-10)9-7(12)13-5-4-11/h2-3,11H,4-5H2,1H3,(H,9,12). The molecule has 6 heteroatoms. The van der Waals surface area contributed by atoms with Crippen molar-refractivity contribution in [2.75, 3.05) is 18.5 Å². The number of carbonyl (C=O) groups excluding carboxylic acids is 1. The number of ether oxygens (including phenoxy) is 1. The van der Waals surface area contributed by atoms with E-state index in [9.17, 15) is 4.79 Å². The van der Waals surface area contributed by atoms with Gasteiger partial charge < -0.3 is 9.84 Å². The van der Waals surface area contributed by atoms with Gasteiger partial charge in [0.25, 0.3) is 0 Å². The summed E-state index contributed by atoms with van der Waals surface area (Å²) in [5.41, 5.74) is 0. The fourth-order valence-corrected chi connectivity index (χ4v) is 0.776. The van der Waals surface area contributed by atoms with Gasteiger partial charge >= 0.3 is 6.09 Å². The largest absolute Gasteiger partial charge is 0.447 e. The number of aryl methyl sites for hydroxylation is 1. The number of carbonyl (C=O) groups is 1. The Labute approximate surface area is 75.1 Å². The van der Waals surface area contributed by atoms with E-state index >= 15 is 0 Å². The normalized spacial score (nSPS) is 9.69. The van der Waals surface area contributed by atoms with Gasteiger partial charge in [-0.2, -0.15) is 5.10 Å². The third-order valence-electron chi connectivity index (χ3n) is 1.38. The van der Waals surface area contributed by atoms with E-state index in [0.29, 0.717) is 5.82 Å². The van der Waals surface area contributed by atoms with E-state index in [2.05, 4.69) is 15.2 Å². The predicted molar refractivity (Wildman–Crippen MR) is 45.3 cm³/mol. The Bertz CT molecular complexity index is 284. The number of aliphatic hydroxyl groups is 1. The Balaban J connectivity index is 2.41. The van der Waals surface area contributed by atoms with Gasteiger partial charge in [0.15, 0.2) is 0 Å². The molecule has 0 radical (unpaired) electrons. The molecule has 0 aliphatic heterocycles. The zero-order valence-electron chi connectivity index (χ0n) is 7.23. The maximum Gasteiger partial charge on any atom is 0.412 e. The summed E-state index contributed by atoms with van der Waals surface area (Å²) in [6, 6.07) is 1.64. The minimum absolute atomic E-state index is 0.0102. The third-order valence-corrected chi connectivity index (χ3v) is 1.38. The van der Waals surface area contributed by atoms with Gasteiger partial charge in [0.2, 0.25) is 0 Å². The molecule has 0 atom stereocenters. The minimum Gasteiger partial charge on any atom is -0.447 e. The number of anilines is 1. The highest BCUT2D eigenvalue weighted by Crippen LogP contribution is 2.03. The van der Waals surface area contributed by atoms with Gasteiger partial charge in [-0.15, -0.1) is 0 Å². The fraction of sp³-hybridized carbons (Fsp3) is 0.429. The van der Waals surface area contributed by atoms with Crippen molar-refractivity contribution in [1.82, 2.24) is 9.78 Å². The molecule has 0 saturated carbocycles. The van der Waals surface area contributed by atoms with Crippen molar-refractivity contribution in [2.45, 2.75) is 0 Å². The number of nitrogens with one attached hydrogen (secondary N) is 1. The van der Waals surface area contributed by atoms with Crippen LogP contribution in [-0.2, 0) is 11.8 Å². The van der Waals surface area contributed by atoms with E-state index in [0.717, 1.165) is 0 Å². The lowest BCUT2D eigenvalue weighted by molar-refractivity contribution is 0.131. The number of hydrogen-bond acceptors (Lipinski definition) is 4. The topological polar surface area (TPSA) is 76.4 Å². The first-order valence-corrected chi connectivity index (χ1v) is 3.76. The summed E-state index contributed by atoms with van der Waals surface area (Å²) in [6.45, 7) is -0.192. The molecule has 1 aromatic heterocycles. The van der Waals surface area contributed by atoms with E-state index in [4.69, 9.17) is 5.11 Å². The summed E-state index contributed by atoms with van der Waals surface area (Å²) in [7, 11) is 1.70. The smallest absolute Gasteiger partial charge is 0.412 e. The molecule has 1 rings (SSSR count). The molecular formula is C7H11N3O3. The molecule has 0 unspecified atom stereocenters. The maximum atomic E-state index is 10.9. The van der Waals surface area contributed by atoms with Gasteiger partial charge in [-0.05, 0) is 0 Å². The van der Waals surface area contributed by atoms with Gasteiger partial charge in [0.05, 0.1) is 12.8 Å². The zero-order valence-corrected chi connectivity index (χ0v) is 7.23. The van der Waals surface area contributed by atoms with Crippen LogP contribution < -0.4 is 5.32 Å².